The van der Waals surface area contributed by atoms with Gasteiger partial charge in [0.15, 0.2) is 0 Å². The lowest BCUT2D eigenvalue weighted by molar-refractivity contribution is 0.578. The molecule has 1 aromatic carbocycles. The van der Waals surface area contributed by atoms with Crippen LogP contribution in [0.5, 0.6) is 0 Å². The molecule has 0 N–H and O–H groups in total. The molecular formula is C8H4BrN5O. The zero-order chi connectivity index (χ0) is 10.7. The largest absolute Gasteiger partial charge is 0.415 e. The first-order valence-corrected chi connectivity index (χ1v) is 4.73. The van der Waals surface area contributed by atoms with Gasteiger partial charge in [-0.3, -0.25) is 0 Å². The Morgan fingerprint density at radius 1 is 1.40 bits per heavy atom. The number of benzene rings is 1. The van der Waals surface area contributed by atoms with Crippen LogP contribution in [0.1, 0.15) is 0 Å². The summed E-state index contributed by atoms with van der Waals surface area (Å²) in [4.78, 5) is 2.55. The van der Waals surface area contributed by atoms with E-state index in [0.29, 0.717) is 5.89 Å². The maximum atomic E-state index is 8.17. The highest BCUT2D eigenvalue weighted by Crippen LogP contribution is 2.23. The van der Waals surface area contributed by atoms with Gasteiger partial charge in [-0.05, 0) is 23.7 Å². The van der Waals surface area contributed by atoms with Gasteiger partial charge in [0.05, 0.1) is 0 Å². The van der Waals surface area contributed by atoms with Crippen molar-refractivity contribution in [1.29, 1.82) is 0 Å². The summed E-state index contributed by atoms with van der Waals surface area (Å²) in [5, 5.41) is 10.5. The van der Waals surface area contributed by atoms with E-state index in [1.807, 2.05) is 24.3 Å². The Morgan fingerprint density at radius 2 is 2.27 bits per heavy atom. The Labute approximate surface area is 92.7 Å². The van der Waals surface area contributed by atoms with E-state index in [0.717, 1.165) is 10.0 Å². The van der Waals surface area contributed by atoms with Crippen molar-refractivity contribution in [3.8, 4) is 11.5 Å². The second kappa shape index (κ2) is 4.12. The highest BCUT2D eigenvalue weighted by atomic mass is 79.9. The van der Waals surface area contributed by atoms with Crippen LogP contribution in [-0.4, -0.2) is 10.2 Å². The van der Waals surface area contributed by atoms with Gasteiger partial charge in [0.1, 0.15) is 0 Å². The smallest absolute Gasteiger partial charge is 0.304 e. The fraction of sp³-hybridized carbons (Fsp3) is 0. The fourth-order valence-corrected chi connectivity index (χ4v) is 1.43. The minimum absolute atomic E-state index is 0.0903. The molecule has 0 fully saturated rings. The summed E-state index contributed by atoms with van der Waals surface area (Å²) >= 11 is 3.33. The van der Waals surface area contributed by atoms with Crippen molar-refractivity contribution >= 4 is 21.9 Å². The van der Waals surface area contributed by atoms with E-state index in [4.69, 9.17) is 9.95 Å². The van der Waals surface area contributed by atoms with Crippen LogP contribution >= 0.6 is 15.9 Å². The summed E-state index contributed by atoms with van der Waals surface area (Å²) < 4.78 is 6.01. The number of hydrogen-bond acceptors (Lipinski definition) is 4. The molecule has 1 heterocycles. The zero-order valence-electron chi connectivity index (χ0n) is 7.33. The topological polar surface area (TPSA) is 87.7 Å². The molecule has 0 bridgehead atoms. The minimum atomic E-state index is -0.0903. The molecule has 6 nitrogen and oxygen atoms in total. The molecule has 74 valence electrons. The van der Waals surface area contributed by atoms with Crippen molar-refractivity contribution < 1.29 is 4.42 Å². The summed E-state index contributed by atoms with van der Waals surface area (Å²) in [6.45, 7) is 0. The number of nitrogens with zero attached hydrogens (tertiary/aromatic N) is 5. The molecule has 0 saturated carbocycles. The molecule has 0 spiro atoms. The quantitative estimate of drug-likeness (QED) is 0.473. The maximum absolute atomic E-state index is 8.17. The van der Waals surface area contributed by atoms with Crippen molar-refractivity contribution in [2.75, 3.05) is 0 Å². The summed E-state index contributed by atoms with van der Waals surface area (Å²) in [6, 6.07) is 7.28. The Morgan fingerprint density at radius 3 is 3.00 bits per heavy atom. The monoisotopic (exact) mass is 265 g/mol. The Balaban J connectivity index is 2.41. The van der Waals surface area contributed by atoms with Gasteiger partial charge in [-0.15, -0.1) is 10.2 Å². The van der Waals surface area contributed by atoms with Gasteiger partial charge in [0.25, 0.3) is 0 Å². The molecule has 2 rings (SSSR count). The molecule has 2 aromatic rings. The third-order valence-electron chi connectivity index (χ3n) is 1.62. The second-order valence-electron chi connectivity index (χ2n) is 2.59. The predicted octanol–water partition coefficient (Wildman–Crippen LogP) is 3.44. The summed E-state index contributed by atoms with van der Waals surface area (Å²) in [7, 11) is 0. The first-order valence-electron chi connectivity index (χ1n) is 3.94. The molecule has 0 aliphatic carbocycles. The van der Waals surface area contributed by atoms with Crippen LogP contribution in [-0.2, 0) is 0 Å². The Bertz CT molecular complexity index is 531. The molecule has 7 heteroatoms. The normalized spacial score (nSPS) is 9.67. The Hall–Kier alpha value is -1.85. The zero-order valence-corrected chi connectivity index (χ0v) is 8.92. The molecule has 0 saturated heterocycles. The molecule has 15 heavy (non-hydrogen) atoms. The van der Waals surface area contributed by atoms with Gasteiger partial charge in [-0.1, -0.05) is 22.0 Å². The van der Waals surface area contributed by atoms with Crippen molar-refractivity contribution in [2.45, 2.75) is 0 Å². The first kappa shape index (κ1) is 9.70. The van der Waals surface area contributed by atoms with Crippen LogP contribution in [0, 0.1) is 0 Å². The lowest BCUT2D eigenvalue weighted by Gasteiger charge is -1.93. The predicted molar refractivity (Wildman–Crippen MR) is 56.2 cm³/mol. The van der Waals surface area contributed by atoms with Gasteiger partial charge in [0.2, 0.25) is 5.89 Å². The Kier molecular flexibility index (Phi) is 2.66. The van der Waals surface area contributed by atoms with E-state index in [2.05, 4.69) is 36.2 Å². The molecule has 0 aliphatic rings. The average molecular weight is 266 g/mol. The third-order valence-corrected chi connectivity index (χ3v) is 2.11. The highest BCUT2D eigenvalue weighted by molar-refractivity contribution is 9.10. The number of hydrogen-bond donors (Lipinski definition) is 0. The SMILES string of the molecule is [N-]=[N+]=Nc1nnc(-c2cccc(Br)c2)o1. The van der Waals surface area contributed by atoms with Crippen LogP contribution in [0.25, 0.3) is 21.9 Å². The minimum Gasteiger partial charge on any atom is -0.415 e. The van der Waals surface area contributed by atoms with E-state index in [9.17, 15) is 0 Å². The number of azide groups is 1. The summed E-state index contributed by atoms with van der Waals surface area (Å²) in [5.41, 5.74) is 8.93. The number of rotatable bonds is 2. The highest BCUT2D eigenvalue weighted by Gasteiger charge is 2.06. The number of aromatic nitrogens is 2. The lowest BCUT2D eigenvalue weighted by Crippen LogP contribution is -1.76. The molecule has 0 aliphatic heterocycles. The third kappa shape index (κ3) is 2.15. The van der Waals surface area contributed by atoms with Crippen molar-refractivity contribution in [3.05, 3.63) is 39.2 Å². The molecule has 0 unspecified atom stereocenters. The van der Waals surface area contributed by atoms with E-state index >= 15 is 0 Å². The van der Waals surface area contributed by atoms with Crippen molar-refractivity contribution in [1.82, 2.24) is 10.2 Å². The van der Waals surface area contributed by atoms with E-state index < -0.39 is 0 Å². The van der Waals surface area contributed by atoms with E-state index in [1.54, 1.807) is 0 Å². The fourth-order valence-electron chi connectivity index (χ4n) is 1.03. The first-order chi connectivity index (χ1) is 7.29. The maximum Gasteiger partial charge on any atom is 0.304 e. The lowest BCUT2D eigenvalue weighted by atomic mass is 10.2. The van der Waals surface area contributed by atoms with Crippen LogP contribution in [0.4, 0.5) is 6.01 Å². The molecular weight excluding hydrogens is 262 g/mol. The van der Waals surface area contributed by atoms with Gasteiger partial charge in [-0.25, -0.2) is 0 Å². The molecule has 1 aromatic heterocycles. The van der Waals surface area contributed by atoms with Gasteiger partial charge >= 0.3 is 6.01 Å². The molecule has 0 amide bonds. The van der Waals surface area contributed by atoms with Crippen LogP contribution in [0.15, 0.2) is 38.3 Å². The average Bonchev–Trinajstić information content (AvgIpc) is 2.67. The standard InChI is InChI=1S/C8H4BrN5O/c9-6-3-1-2-5(4-6)7-11-12-8(15-7)13-14-10/h1-4H. The number of halogens is 1. The van der Waals surface area contributed by atoms with E-state index in [-0.39, 0.29) is 6.01 Å². The summed E-state index contributed by atoms with van der Waals surface area (Å²) in [5.74, 6) is 0.318. The van der Waals surface area contributed by atoms with Crippen molar-refractivity contribution in [2.24, 2.45) is 5.11 Å². The van der Waals surface area contributed by atoms with Gasteiger partial charge in [0, 0.05) is 20.1 Å². The van der Waals surface area contributed by atoms with Crippen LogP contribution in [0.2, 0.25) is 0 Å². The van der Waals surface area contributed by atoms with Crippen molar-refractivity contribution in [3.63, 3.8) is 0 Å². The van der Waals surface area contributed by atoms with E-state index in [1.165, 1.54) is 0 Å². The second-order valence-corrected chi connectivity index (χ2v) is 3.51. The molecule has 0 radical (unpaired) electrons. The molecule has 0 atom stereocenters. The van der Waals surface area contributed by atoms with Gasteiger partial charge < -0.3 is 4.42 Å². The van der Waals surface area contributed by atoms with Gasteiger partial charge in [-0.2, -0.15) is 0 Å². The van der Waals surface area contributed by atoms with Crippen LogP contribution < -0.4 is 0 Å². The van der Waals surface area contributed by atoms with Crippen LogP contribution in [0.3, 0.4) is 0 Å². The summed E-state index contributed by atoms with van der Waals surface area (Å²) in [6.07, 6.45) is 0.